The van der Waals surface area contributed by atoms with E-state index in [0.717, 1.165) is 5.56 Å². The van der Waals surface area contributed by atoms with Gasteiger partial charge < -0.3 is 10.8 Å². The largest absolute Gasteiger partial charge is 0.506 e. The molecule has 2 heteroatoms. The number of phenols is 1. The van der Waals surface area contributed by atoms with Crippen LogP contribution in [0.1, 0.15) is 39.2 Å². The van der Waals surface area contributed by atoms with Gasteiger partial charge in [-0.05, 0) is 23.6 Å². The predicted molar refractivity (Wildman–Crippen MR) is 58.0 cm³/mol. The van der Waals surface area contributed by atoms with Crippen LogP contribution in [0.4, 0.5) is 5.69 Å². The van der Waals surface area contributed by atoms with Gasteiger partial charge in [0.25, 0.3) is 0 Å². The molecule has 74 valence electrons. The van der Waals surface area contributed by atoms with Crippen LogP contribution in [0.5, 0.6) is 5.75 Å². The highest BCUT2D eigenvalue weighted by Crippen LogP contribution is 2.24. The van der Waals surface area contributed by atoms with Gasteiger partial charge >= 0.3 is 0 Å². The molecule has 0 aromatic heterocycles. The van der Waals surface area contributed by atoms with Crippen molar-refractivity contribution < 1.29 is 5.11 Å². The van der Waals surface area contributed by atoms with Gasteiger partial charge in [-0.25, -0.2) is 0 Å². The van der Waals surface area contributed by atoms with Gasteiger partial charge in [0, 0.05) is 0 Å². The quantitative estimate of drug-likeness (QED) is 0.516. The molecule has 1 aromatic rings. The van der Waals surface area contributed by atoms with Crippen molar-refractivity contribution >= 4 is 5.69 Å². The summed E-state index contributed by atoms with van der Waals surface area (Å²) in [5.74, 6) is 0.618. The standard InChI is InChI=1S/C9H13NO.C2H6/c1-6(2)7-3-4-9(11)8(10)5-7;1-2/h3-6,11H,10H2,1-2H3;1-2H3. The Balaban J connectivity index is 0.000000671. The first-order chi connectivity index (χ1) is 6.11. The summed E-state index contributed by atoms with van der Waals surface area (Å²) in [5, 5.41) is 9.10. The third-order valence-electron chi connectivity index (χ3n) is 1.72. The maximum absolute atomic E-state index is 9.10. The first kappa shape index (κ1) is 11.8. The summed E-state index contributed by atoms with van der Waals surface area (Å²) in [5.41, 5.74) is 7.12. The Morgan fingerprint density at radius 3 is 2.15 bits per heavy atom. The zero-order valence-corrected chi connectivity index (χ0v) is 8.83. The summed E-state index contributed by atoms with van der Waals surface area (Å²) in [6.45, 7) is 8.18. The van der Waals surface area contributed by atoms with Crippen molar-refractivity contribution in [3.63, 3.8) is 0 Å². The summed E-state index contributed by atoms with van der Waals surface area (Å²) in [7, 11) is 0. The van der Waals surface area contributed by atoms with E-state index in [1.54, 1.807) is 12.1 Å². The Bertz CT molecular complexity index is 256. The van der Waals surface area contributed by atoms with Gasteiger partial charge in [-0.2, -0.15) is 0 Å². The molecule has 0 radical (unpaired) electrons. The molecule has 0 saturated carbocycles. The molecule has 1 aromatic carbocycles. The van der Waals surface area contributed by atoms with Crippen LogP contribution in [0.3, 0.4) is 0 Å². The summed E-state index contributed by atoms with van der Waals surface area (Å²) in [4.78, 5) is 0. The van der Waals surface area contributed by atoms with Gasteiger partial charge in [-0.1, -0.05) is 33.8 Å². The van der Waals surface area contributed by atoms with Crippen molar-refractivity contribution in [2.24, 2.45) is 0 Å². The second kappa shape index (κ2) is 5.46. The van der Waals surface area contributed by atoms with Gasteiger partial charge in [0.2, 0.25) is 0 Å². The molecule has 0 aliphatic heterocycles. The third-order valence-corrected chi connectivity index (χ3v) is 1.72. The third kappa shape index (κ3) is 3.36. The van der Waals surface area contributed by atoms with Crippen molar-refractivity contribution in [2.75, 3.05) is 5.73 Å². The molecule has 0 heterocycles. The number of anilines is 1. The van der Waals surface area contributed by atoms with E-state index in [1.807, 2.05) is 19.9 Å². The zero-order chi connectivity index (χ0) is 10.4. The zero-order valence-electron chi connectivity index (χ0n) is 8.83. The Labute approximate surface area is 80.4 Å². The van der Waals surface area contributed by atoms with Gasteiger partial charge in [-0.15, -0.1) is 0 Å². The van der Waals surface area contributed by atoms with Crippen LogP contribution >= 0.6 is 0 Å². The fraction of sp³-hybridized carbons (Fsp3) is 0.455. The summed E-state index contributed by atoms with van der Waals surface area (Å²) in [6.07, 6.45) is 0. The first-order valence-corrected chi connectivity index (χ1v) is 4.69. The van der Waals surface area contributed by atoms with Gasteiger partial charge in [0.05, 0.1) is 5.69 Å². The van der Waals surface area contributed by atoms with Crippen LogP contribution in [-0.4, -0.2) is 5.11 Å². The van der Waals surface area contributed by atoms with Crippen molar-refractivity contribution in [3.8, 4) is 5.75 Å². The van der Waals surface area contributed by atoms with E-state index in [2.05, 4.69) is 13.8 Å². The monoisotopic (exact) mass is 181 g/mol. The van der Waals surface area contributed by atoms with Crippen LogP contribution in [0.15, 0.2) is 18.2 Å². The lowest BCUT2D eigenvalue weighted by molar-refractivity contribution is 0.477. The number of nitrogens with two attached hydrogens (primary N) is 1. The van der Waals surface area contributed by atoms with E-state index in [0.29, 0.717) is 11.6 Å². The smallest absolute Gasteiger partial charge is 0.138 e. The van der Waals surface area contributed by atoms with E-state index < -0.39 is 0 Å². The minimum Gasteiger partial charge on any atom is -0.506 e. The van der Waals surface area contributed by atoms with Crippen molar-refractivity contribution in [3.05, 3.63) is 23.8 Å². The molecule has 0 atom stereocenters. The number of aromatic hydroxyl groups is 1. The molecule has 0 amide bonds. The number of hydrogen-bond acceptors (Lipinski definition) is 2. The Kier molecular flexibility index (Phi) is 4.97. The maximum Gasteiger partial charge on any atom is 0.138 e. The summed E-state index contributed by atoms with van der Waals surface area (Å²) in [6, 6.07) is 5.32. The number of nitrogen functional groups attached to an aromatic ring is 1. The Morgan fingerprint density at radius 2 is 1.77 bits per heavy atom. The second-order valence-corrected chi connectivity index (χ2v) is 2.97. The molecule has 0 unspecified atom stereocenters. The molecular formula is C11H19NO. The molecule has 0 aliphatic rings. The van der Waals surface area contributed by atoms with Crippen LogP contribution in [0.2, 0.25) is 0 Å². The second-order valence-electron chi connectivity index (χ2n) is 2.97. The summed E-state index contributed by atoms with van der Waals surface area (Å²) >= 11 is 0. The molecule has 0 spiro atoms. The van der Waals surface area contributed by atoms with Gasteiger partial charge in [-0.3, -0.25) is 0 Å². The minimum atomic E-state index is 0.161. The van der Waals surface area contributed by atoms with Crippen LogP contribution in [0.25, 0.3) is 0 Å². The van der Waals surface area contributed by atoms with Crippen LogP contribution < -0.4 is 5.73 Å². The Morgan fingerprint density at radius 1 is 1.23 bits per heavy atom. The van der Waals surface area contributed by atoms with E-state index in [4.69, 9.17) is 10.8 Å². The lowest BCUT2D eigenvalue weighted by atomic mass is 10.0. The van der Waals surface area contributed by atoms with E-state index in [-0.39, 0.29) is 5.75 Å². The fourth-order valence-corrected chi connectivity index (χ4v) is 0.932. The van der Waals surface area contributed by atoms with Crippen LogP contribution in [0, 0.1) is 0 Å². The molecule has 0 bridgehead atoms. The van der Waals surface area contributed by atoms with E-state index in [9.17, 15) is 0 Å². The van der Waals surface area contributed by atoms with E-state index >= 15 is 0 Å². The predicted octanol–water partition coefficient (Wildman–Crippen LogP) is 3.12. The van der Waals surface area contributed by atoms with E-state index in [1.165, 1.54) is 0 Å². The highest BCUT2D eigenvalue weighted by molar-refractivity contribution is 5.53. The molecule has 13 heavy (non-hydrogen) atoms. The minimum absolute atomic E-state index is 0.161. The highest BCUT2D eigenvalue weighted by atomic mass is 16.3. The summed E-state index contributed by atoms with van der Waals surface area (Å²) < 4.78 is 0. The molecule has 3 N–H and O–H groups in total. The fourth-order valence-electron chi connectivity index (χ4n) is 0.932. The normalized spacial score (nSPS) is 9.31. The molecule has 0 fully saturated rings. The SMILES string of the molecule is CC.CC(C)c1ccc(O)c(N)c1. The number of phenolic OH excluding ortho intramolecular Hbond substituents is 1. The van der Waals surface area contributed by atoms with Crippen LogP contribution in [-0.2, 0) is 0 Å². The number of benzene rings is 1. The maximum atomic E-state index is 9.10. The van der Waals surface area contributed by atoms with Gasteiger partial charge in [0.15, 0.2) is 0 Å². The molecule has 1 rings (SSSR count). The highest BCUT2D eigenvalue weighted by Gasteiger charge is 2.01. The topological polar surface area (TPSA) is 46.2 Å². The first-order valence-electron chi connectivity index (χ1n) is 4.69. The van der Waals surface area contributed by atoms with Gasteiger partial charge in [0.1, 0.15) is 5.75 Å². The molecule has 2 nitrogen and oxygen atoms in total. The molecule has 0 saturated heterocycles. The number of hydrogen-bond donors (Lipinski definition) is 2. The lowest BCUT2D eigenvalue weighted by Crippen LogP contribution is -1.91. The van der Waals surface area contributed by atoms with Crippen molar-refractivity contribution in [2.45, 2.75) is 33.6 Å². The van der Waals surface area contributed by atoms with Crippen molar-refractivity contribution in [1.29, 1.82) is 0 Å². The number of rotatable bonds is 1. The molecular weight excluding hydrogens is 162 g/mol. The average molecular weight is 181 g/mol. The lowest BCUT2D eigenvalue weighted by Gasteiger charge is -2.06. The Hall–Kier alpha value is -1.18. The van der Waals surface area contributed by atoms with Crippen molar-refractivity contribution in [1.82, 2.24) is 0 Å². The molecule has 0 aliphatic carbocycles. The average Bonchev–Trinajstić information content (AvgIpc) is 2.13.